The number of aryl methyl sites for hydroxylation is 1. The van der Waals surface area contributed by atoms with E-state index in [1.165, 1.54) is 7.11 Å². The lowest BCUT2D eigenvalue weighted by molar-refractivity contribution is 0.369. The lowest BCUT2D eigenvalue weighted by Crippen LogP contribution is -1.89. The molecule has 0 radical (unpaired) electrons. The van der Waals surface area contributed by atoms with Crippen LogP contribution in [0.2, 0.25) is 0 Å². The van der Waals surface area contributed by atoms with E-state index in [0.717, 1.165) is 0 Å². The average molecular weight is 218 g/mol. The number of halogens is 1. The Hall–Kier alpha value is -0.770. The first-order valence-electron chi connectivity index (χ1n) is 3.05. The van der Waals surface area contributed by atoms with Crippen molar-refractivity contribution in [1.82, 2.24) is 4.98 Å². The highest BCUT2D eigenvalue weighted by Gasteiger charge is 2.06. The van der Waals surface area contributed by atoms with E-state index < -0.39 is 0 Å². The molecule has 0 aromatic carbocycles. The standard InChI is InChI=1S/C7H8BrNO2/c1-4-7(10)5(11-2)3-6(8)9-4/h3,10H,1-2H3. The first kappa shape index (κ1) is 8.33. The largest absolute Gasteiger partial charge is 0.503 e. The first-order chi connectivity index (χ1) is 5.15. The minimum absolute atomic E-state index is 0.0932. The van der Waals surface area contributed by atoms with Crippen LogP contribution in [0.25, 0.3) is 0 Å². The molecule has 0 atom stereocenters. The zero-order chi connectivity index (χ0) is 8.43. The highest BCUT2D eigenvalue weighted by atomic mass is 79.9. The van der Waals surface area contributed by atoms with E-state index in [9.17, 15) is 5.11 Å². The number of aromatic nitrogens is 1. The lowest BCUT2D eigenvalue weighted by atomic mass is 10.3. The summed E-state index contributed by atoms with van der Waals surface area (Å²) in [5.41, 5.74) is 0.552. The minimum atomic E-state index is 0.0932. The van der Waals surface area contributed by atoms with Crippen molar-refractivity contribution in [2.45, 2.75) is 6.92 Å². The van der Waals surface area contributed by atoms with Crippen molar-refractivity contribution in [2.24, 2.45) is 0 Å². The van der Waals surface area contributed by atoms with Gasteiger partial charge in [0.25, 0.3) is 0 Å². The molecule has 0 aliphatic carbocycles. The van der Waals surface area contributed by atoms with Crippen molar-refractivity contribution in [1.29, 1.82) is 0 Å². The summed E-state index contributed by atoms with van der Waals surface area (Å²) in [6.07, 6.45) is 0. The number of aromatic hydroxyl groups is 1. The topological polar surface area (TPSA) is 42.4 Å². The molecule has 0 amide bonds. The molecule has 0 aliphatic heterocycles. The maximum atomic E-state index is 9.31. The molecular weight excluding hydrogens is 210 g/mol. The third kappa shape index (κ3) is 1.63. The second-order valence-corrected chi connectivity index (χ2v) is 2.89. The van der Waals surface area contributed by atoms with E-state index in [1.807, 2.05) is 0 Å². The molecule has 11 heavy (non-hydrogen) atoms. The number of hydrogen-bond donors (Lipinski definition) is 1. The Morgan fingerprint density at radius 2 is 2.27 bits per heavy atom. The molecule has 0 fully saturated rings. The van der Waals surface area contributed by atoms with Crippen molar-refractivity contribution in [3.05, 3.63) is 16.4 Å². The Kier molecular flexibility index (Phi) is 2.34. The van der Waals surface area contributed by atoms with Crippen molar-refractivity contribution >= 4 is 15.9 Å². The molecule has 0 unspecified atom stereocenters. The fraction of sp³-hybridized carbons (Fsp3) is 0.286. The minimum Gasteiger partial charge on any atom is -0.503 e. The molecule has 1 N–H and O–H groups in total. The molecule has 1 aromatic rings. The monoisotopic (exact) mass is 217 g/mol. The van der Waals surface area contributed by atoms with Gasteiger partial charge in [-0.1, -0.05) is 0 Å². The Morgan fingerprint density at radius 3 is 2.82 bits per heavy atom. The zero-order valence-corrected chi connectivity index (χ0v) is 7.84. The van der Waals surface area contributed by atoms with E-state index in [2.05, 4.69) is 20.9 Å². The third-order valence-corrected chi connectivity index (χ3v) is 1.73. The summed E-state index contributed by atoms with van der Waals surface area (Å²) in [6, 6.07) is 1.61. The van der Waals surface area contributed by atoms with E-state index in [1.54, 1.807) is 13.0 Å². The second-order valence-electron chi connectivity index (χ2n) is 2.08. The lowest BCUT2D eigenvalue weighted by Gasteiger charge is -2.04. The Morgan fingerprint density at radius 1 is 1.64 bits per heavy atom. The molecule has 0 saturated carbocycles. The number of hydrogen-bond acceptors (Lipinski definition) is 3. The van der Waals surface area contributed by atoms with Gasteiger partial charge >= 0.3 is 0 Å². The summed E-state index contributed by atoms with van der Waals surface area (Å²) >= 11 is 3.19. The summed E-state index contributed by atoms with van der Waals surface area (Å²) in [6.45, 7) is 1.71. The Labute approximate surface area is 73.2 Å². The van der Waals surface area contributed by atoms with Crippen molar-refractivity contribution < 1.29 is 9.84 Å². The van der Waals surface area contributed by atoms with Crippen LogP contribution < -0.4 is 4.74 Å². The van der Waals surface area contributed by atoms with Crippen LogP contribution in [0.3, 0.4) is 0 Å². The third-order valence-electron chi connectivity index (χ3n) is 1.32. The summed E-state index contributed by atoms with van der Waals surface area (Å²) in [7, 11) is 1.50. The van der Waals surface area contributed by atoms with Crippen LogP contribution in [-0.2, 0) is 0 Å². The predicted octanol–water partition coefficient (Wildman–Crippen LogP) is 1.87. The van der Waals surface area contributed by atoms with Crippen molar-refractivity contribution in [3.63, 3.8) is 0 Å². The summed E-state index contributed by atoms with van der Waals surface area (Å²) in [5.74, 6) is 0.528. The quantitative estimate of drug-likeness (QED) is 0.731. The van der Waals surface area contributed by atoms with Crippen molar-refractivity contribution in [3.8, 4) is 11.5 Å². The fourth-order valence-electron chi connectivity index (χ4n) is 0.756. The van der Waals surface area contributed by atoms with Gasteiger partial charge in [0.05, 0.1) is 12.8 Å². The molecular formula is C7H8BrNO2. The molecule has 60 valence electrons. The summed E-state index contributed by atoms with van der Waals surface area (Å²) < 4.78 is 5.54. The van der Waals surface area contributed by atoms with Crippen LogP contribution in [0, 0.1) is 6.92 Å². The van der Waals surface area contributed by atoms with Crippen LogP contribution in [0.1, 0.15) is 5.69 Å². The van der Waals surface area contributed by atoms with Gasteiger partial charge in [-0.3, -0.25) is 0 Å². The van der Waals surface area contributed by atoms with Gasteiger partial charge in [0.2, 0.25) is 0 Å². The molecule has 1 rings (SSSR count). The molecule has 0 aliphatic rings. The SMILES string of the molecule is COc1cc(Br)nc(C)c1O. The van der Waals surface area contributed by atoms with Crippen LogP contribution in [0.15, 0.2) is 10.7 Å². The molecule has 0 saturated heterocycles. The molecule has 0 bridgehead atoms. The average Bonchev–Trinajstić information content (AvgIpc) is 1.96. The molecule has 4 heteroatoms. The van der Waals surface area contributed by atoms with Gasteiger partial charge < -0.3 is 9.84 Å². The van der Waals surface area contributed by atoms with Crippen LogP contribution >= 0.6 is 15.9 Å². The van der Waals surface area contributed by atoms with Gasteiger partial charge in [0, 0.05) is 6.07 Å². The van der Waals surface area contributed by atoms with Crippen LogP contribution in [0.5, 0.6) is 11.5 Å². The van der Waals surface area contributed by atoms with Crippen molar-refractivity contribution in [2.75, 3.05) is 7.11 Å². The normalized spacial score (nSPS) is 9.73. The highest BCUT2D eigenvalue weighted by Crippen LogP contribution is 2.30. The Balaban J connectivity index is 3.24. The maximum Gasteiger partial charge on any atom is 0.179 e. The number of nitrogens with zero attached hydrogens (tertiary/aromatic N) is 1. The maximum absolute atomic E-state index is 9.31. The zero-order valence-electron chi connectivity index (χ0n) is 6.26. The van der Waals surface area contributed by atoms with Gasteiger partial charge in [-0.05, 0) is 22.9 Å². The second kappa shape index (κ2) is 3.09. The number of ether oxygens (including phenoxy) is 1. The van der Waals surface area contributed by atoms with Gasteiger partial charge in [-0.2, -0.15) is 0 Å². The van der Waals surface area contributed by atoms with Gasteiger partial charge in [-0.15, -0.1) is 0 Å². The number of methoxy groups -OCH3 is 1. The van der Waals surface area contributed by atoms with E-state index in [4.69, 9.17) is 4.74 Å². The van der Waals surface area contributed by atoms with Gasteiger partial charge in [0.15, 0.2) is 11.5 Å². The van der Waals surface area contributed by atoms with E-state index >= 15 is 0 Å². The number of rotatable bonds is 1. The van der Waals surface area contributed by atoms with Crippen LogP contribution in [0.4, 0.5) is 0 Å². The van der Waals surface area contributed by atoms with Gasteiger partial charge in [-0.25, -0.2) is 4.98 Å². The number of pyridine rings is 1. The van der Waals surface area contributed by atoms with Gasteiger partial charge in [0.1, 0.15) is 4.60 Å². The predicted molar refractivity (Wildman–Crippen MR) is 44.9 cm³/mol. The molecule has 3 nitrogen and oxygen atoms in total. The molecule has 0 spiro atoms. The summed E-state index contributed by atoms with van der Waals surface area (Å²) in [4.78, 5) is 3.97. The van der Waals surface area contributed by atoms with E-state index in [0.29, 0.717) is 16.0 Å². The van der Waals surface area contributed by atoms with E-state index in [-0.39, 0.29) is 5.75 Å². The molecule has 1 heterocycles. The fourth-order valence-corrected chi connectivity index (χ4v) is 1.23. The Bertz CT molecular complexity index is 275. The smallest absolute Gasteiger partial charge is 0.179 e. The van der Waals surface area contributed by atoms with Crippen LogP contribution in [-0.4, -0.2) is 17.2 Å². The first-order valence-corrected chi connectivity index (χ1v) is 3.84. The molecule has 1 aromatic heterocycles. The highest BCUT2D eigenvalue weighted by molar-refractivity contribution is 9.10. The summed E-state index contributed by atoms with van der Waals surface area (Å²) in [5, 5.41) is 9.31.